The van der Waals surface area contributed by atoms with Crippen molar-refractivity contribution in [3.8, 4) is 16.9 Å². The summed E-state index contributed by atoms with van der Waals surface area (Å²) in [7, 11) is 0. The van der Waals surface area contributed by atoms with Gasteiger partial charge in [0.05, 0.1) is 0 Å². The van der Waals surface area contributed by atoms with Gasteiger partial charge in [0, 0.05) is 25.4 Å². The third kappa shape index (κ3) is 6.13. The Labute approximate surface area is 260 Å². The number of fused-ring (bicyclic) bond motifs is 4. The Morgan fingerprint density at radius 1 is 0.911 bits per heavy atom. The summed E-state index contributed by atoms with van der Waals surface area (Å²) >= 11 is 0. The van der Waals surface area contributed by atoms with Gasteiger partial charge < -0.3 is 30.1 Å². The van der Waals surface area contributed by atoms with Crippen molar-refractivity contribution in [1.82, 2.24) is 15.1 Å². The predicted molar refractivity (Wildman–Crippen MR) is 165 cm³/mol. The van der Waals surface area contributed by atoms with E-state index in [1.807, 2.05) is 36.4 Å². The number of nitrogens with zero attached hydrogens (tertiary/aromatic N) is 2. The second-order valence-corrected chi connectivity index (χ2v) is 11.6. The second kappa shape index (κ2) is 12.9. The molecule has 0 unspecified atom stereocenters. The SMILES string of the molecule is O=C(N[C@H]1C/C=C\CN([C@@H](Cc2ccc(O)cc2)C(=O)O)C(=O)[C@@H]2CCCN2C1=O)OCC1c2ccccc2-c2ccccc21. The summed E-state index contributed by atoms with van der Waals surface area (Å²) in [6.07, 6.45) is 3.80. The number of aliphatic carboxylic acids is 1. The molecule has 3 aromatic carbocycles. The molecule has 1 aliphatic carbocycles. The zero-order valence-electron chi connectivity index (χ0n) is 24.7. The largest absolute Gasteiger partial charge is 0.508 e. The summed E-state index contributed by atoms with van der Waals surface area (Å²) in [5, 5.41) is 22.4. The average molecular weight is 610 g/mol. The van der Waals surface area contributed by atoms with Crippen LogP contribution in [0.2, 0.25) is 0 Å². The van der Waals surface area contributed by atoms with Crippen molar-refractivity contribution in [1.29, 1.82) is 0 Å². The molecular weight excluding hydrogens is 574 g/mol. The van der Waals surface area contributed by atoms with Gasteiger partial charge in [-0.1, -0.05) is 72.8 Å². The molecule has 3 atom stereocenters. The number of amides is 3. The van der Waals surface area contributed by atoms with Crippen LogP contribution in [0.25, 0.3) is 11.1 Å². The molecule has 3 aromatic rings. The molecule has 0 radical (unpaired) electrons. The van der Waals surface area contributed by atoms with Gasteiger partial charge in [-0.25, -0.2) is 9.59 Å². The summed E-state index contributed by atoms with van der Waals surface area (Å²) in [4.78, 5) is 55.8. The zero-order valence-corrected chi connectivity index (χ0v) is 24.7. The number of carboxylic acid groups (broad SMARTS) is 1. The highest BCUT2D eigenvalue weighted by Crippen LogP contribution is 2.44. The highest BCUT2D eigenvalue weighted by Gasteiger charge is 2.42. The molecule has 1 fully saturated rings. The molecule has 6 rings (SSSR count). The minimum atomic E-state index is -1.17. The maximum absolute atomic E-state index is 13.8. The number of phenolic OH excluding ortho intramolecular Hbond substituents is 1. The van der Waals surface area contributed by atoms with E-state index in [-0.39, 0.29) is 37.7 Å². The molecule has 0 saturated carbocycles. The van der Waals surface area contributed by atoms with E-state index in [4.69, 9.17) is 4.74 Å². The summed E-state index contributed by atoms with van der Waals surface area (Å²) < 4.78 is 5.69. The molecule has 3 aliphatic rings. The zero-order chi connectivity index (χ0) is 31.5. The summed E-state index contributed by atoms with van der Waals surface area (Å²) in [5.41, 5.74) is 5.04. The normalized spacial score (nSPS) is 21.0. The van der Waals surface area contributed by atoms with E-state index in [1.165, 1.54) is 21.9 Å². The summed E-state index contributed by atoms with van der Waals surface area (Å²) in [6.45, 7) is 0.462. The number of rotatable bonds is 7. The van der Waals surface area contributed by atoms with Crippen molar-refractivity contribution < 1.29 is 34.1 Å². The van der Waals surface area contributed by atoms with E-state index in [1.54, 1.807) is 24.3 Å². The predicted octanol–water partition coefficient (Wildman–Crippen LogP) is 4.07. The fourth-order valence-electron chi connectivity index (χ4n) is 6.66. The van der Waals surface area contributed by atoms with Gasteiger partial charge in [0.15, 0.2) is 0 Å². The molecule has 0 bridgehead atoms. The van der Waals surface area contributed by atoms with Crippen LogP contribution >= 0.6 is 0 Å². The lowest BCUT2D eigenvalue weighted by Gasteiger charge is -2.35. The van der Waals surface area contributed by atoms with E-state index in [0.717, 1.165) is 22.3 Å². The second-order valence-electron chi connectivity index (χ2n) is 11.6. The maximum atomic E-state index is 13.8. The Morgan fingerprint density at radius 3 is 2.24 bits per heavy atom. The third-order valence-electron chi connectivity index (χ3n) is 8.91. The quantitative estimate of drug-likeness (QED) is 0.344. The van der Waals surface area contributed by atoms with E-state index >= 15 is 0 Å². The van der Waals surface area contributed by atoms with Gasteiger partial charge >= 0.3 is 12.1 Å². The fourth-order valence-corrected chi connectivity index (χ4v) is 6.66. The number of carbonyl (C=O) groups excluding carboxylic acids is 3. The first-order valence-corrected chi connectivity index (χ1v) is 15.2. The van der Waals surface area contributed by atoms with E-state index in [2.05, 4.69) is 17.4 Å². The van der Waals surface area contributed by atoms with Crippen molar-refractivity contribution in [3.05, 3.63) is 102 Å². The van der Waals surface area contributed by atoms with Gasteiger partial charge in [-0.15, -0.1) is 0 Å². The number of carboxylic acids is 1. The molecule has 45 heavy (non-hydrogen) atoms. The number of nitrogens with one attached hydrogen (secondary N) is 1. The molecule has 2 heterocycles. The minimum absolute atomic E-state index is 0.0318. The van der Waals surface area contributed by atoms with Crippen LogP contribution in [0.3, 0.4) is 0 Å². The van der Waals surface area contributed by atoms with Gasteiger partial charge in [-0.3, -0.25) is 9.59 Å². The van der Waals surface area contributed by atoms with Gasteiger partial charge in [0.1, 0.15) is 30.5 Å². The first kappa shape index (κ1) is 29.9. The molecule has 10 heteroatoms. The van der Waals surface area contributed by atoms with Crippen LogP contribution in [0.15, 0.2) is 84.9 Å². The number of carbonyl (C=O) groups is 4. The number of alkyl carbamates (subject to hydrolysis) is 1. The van der Waals surface area contributed by atoms with Crippen LogP contribution < -0.4 is 5.32 Å². The fraction of sp³-hybridized carbons (Fsp3) is 0.314. The number of aromatic hydroxyl groups is 1. The lowest BCUT2D eigenvalue weighted by Crippen LogP contribution is -2.57. The monoisotopic (exact) mass is 609 g/mol. The topological polar surface area (TPSA) is 136 Å². The average Bonchev–Trinajstić information content (AvgIpc) is 3.66. The molecule has 1 saturated heterocycles. The number of hydrogen-bond donors (Lipinski definition) is 3. The van der Waals surface area contributed by atoms with Crippen LogP contribution in [0, 0.1) is 0 Å². The Kier molecular flexibility index (Phi) is 8.55. The van der Waals surface area contributed by atoms with Gasteiger partial charge in [0.2, 0.25) is 11.8 Å². The van der Waals surface area contributed by atoms with Crippen LogP contribution in [0.4, 0.5) is 4.79 Å². The summed E-state index contributed by atoms with van der Waals surface area (Å²) in [5.74, 6) is -2.08. The van der Waals surface area contributed by atoms with Gasteiger partial charge in [-0.05, 0) is 59.2 Å². The minimum Gasteiger partial charge on any atom is -0.508 e. The van der Waals surface area contributed by atoms with Crippen molar-refractivity contribution >= 4 is 23.9 Å². The van der Waals surface area contributed by atoms with Crippen molar-refractivity contribution in [2.75, 3.05) is 19.7 Å². The van der Waals surface area contributed by atoms with Crippen LogP contribution in [-0.2, 0) is 25.5 Å². The Bertz CT molecular complexity index is 1590. The molecule has 3 amide bonds. The Hall–Kier alpha value is -5.12. The van der Waals surface area contributed by atoms with Crippen LogP contribution in [0.5, 0.6) is 5.75 Å². The van der Waals surface area contributed by atoms with Crippen LogP contribution in [0.1, 0.15) is 41.9 Å². The molecular formula is C35H35N3O7. The lowest BCUT2D eigenvalue weighted by molar-refractivity contribution is -0.153. The van der Waals surface area contributed by atoms with Crippen molar-refractivity contribution in [2.24, 2.45) is 0 Å². The van der Waals surface area contributed by atoms with Crippen molar-refractivity contribution in [3.63, 3.8) is 0 Å². The number of phenols is 1. The van der Waals surface area contributed by atoms with Crippen molar-refractivity contribution in [2.45, 2.75) is 49.7 Å². The van der Waals surface area contributed by atoms with Gasteiger partial charge in [0.25, 0.3) is 0 Å². The number of hydrogen-bond acceptors (Lipinski definition) is 6. The standard InChI is InChI=1S/C35H35N3O7/c39-23-16-14-22(15-17-23)20-31(34(42)43)38-18-6-5-12-29(32(40)37-19-7-13-30(37)33(38)41)36-35(44)45-21-28-26-10-3-1-8-24(26)25-9-2-4-11-27(25)28/h1-6,8-11,14-17,28-31,39H,7,12-13,18-21H2,(H,36,44)(H,42,43)/b6-5-/t29-,30-,31-/m0/s1. The first-order valence-electron chi connectivity index (χ1n) is 15.2. The Balaban J connectivity index is 1.16. The molecule has 3 N–H and O–H groups in total. The molecule has 0 aromatic heterocycles. The number of ether oxygens (including phenoxy) is 1. The first-order chi connectivity index (χ1) is 21.8. The summed E-state index contributed by atoms with van der Waals surface area (Å²) in [6, 6.07) is 19.3. The Morgan fingerprint density at radius 2 is 1.58 bits per heavy atom. The van der Waals surface area contributed by atoms with E-state index in [0.29, 0.717) is 24.9 Å². The molecule has 10 nitrogen and oxygen atoms in total. The number of benzene rings is 3. The smallest absolute Gasteiger partial charge is 0.407 e. The maximum Gasteiger partial charge on any atom is 0.407 e. The van der Waals surface area contributed by atoms with Gasteiger partial charge in [-0.2, -0.15) is 0 Å². The highest BCUT2D eigenvalue weighted by molar-refractivity contribution is 5.94. The molecule has 2 aliphatic heterocycles. The third-order valence-corrected chi connectivity index (χ3v) is 8.91. The highest BCUT2D eigenvalue weighted by atomic mass is 16.5. The van der Waals surface area contributed by atoms with E-state index < -0.39 is 42.0 Å². The van der Waals surface area contributed by atoms with E-state index in [9.17, 15) is 29.4 Å². The molecule has 0 spiro atoms. The van der Waals surface area contributed by atoms with Crippen LogP contribution in [-0.4, -0.2) is 81.7 Å². The lowest BCUT2D eigenvalue weighted by atomic mass is 9.98. The molecule has 232 valence electrons.